The number of amides is 1. The average Bonchev–Trinajstić information content (AvgIpc) is 3.12. The molecular formula is C17H28N4O4S. The van der Waals surface area contributed by atoms with E-state index in [0.29, 0.717) is 5.92 Å². The Morgan fingerprint density at radius 3 is 2.69 bits per heavy atom. The van der Waals surface area contributed by atoms with Crippen molar-refractivity contribution < 1.29 is 19.2 Å². The summed E-state index contributed by atoms with van der Waals surface area (Å²) >= 11 is 0. The van der Waals surface area contributed by atoms with Gasteiger partial charge in [-0.25, -0.2) is 0 Å². The zero-order chi connectivity index (χ0) is 18.4. The molecule has 0 aliphatic carbocycles. The number of esters is 1. The summed E-state index contributed by atoms with van der Waals surface area (Å²) < 4.78 is 4.62. The van der Waals surface area contributed by atoms with E-state index >= 15 is 0 Å². The van der Waals surface area contributed by atoms with Crippen LogP contribution in [0.25, 0.3) is 0 Å². The summed E-state index contributed by atoms with van der Waals surface area (Å²) in [6.45, 7) is 3.74. The maximum atomic E-state index is 13.1. The second-order valence-corrected chi connectivity index (χ2v) is 8.34. The van der Waals surface area contributed by atoms with Gasteiger partial charge in [-0.15, -0.1) is 10.3 Å². The fraction of sp³-hybridized carbons (Fsp3) is 0.765. The summed E-state index contributed by atoms with van der Waals surface area (Å²) in [6, 6.07) is 0. The molecule has 26 heavy (non-hydrogen) atoms. The third-order valence-electron chi connectivity index (χ3n) is 4.87. The molecule has 8 nitrogen and oxygen atoms in total. The minimum atomic E-state index is -0.682. The second-order valence-electron chi connectivity index (χ2n) is 6.68. The zero-order valence-electron chi connectivity index (χ0n) is 15.3. The Balaban J connectivity index is 1.69. The molecule has 3 heterocycles. The molecule has 1 atom stereocenters. The molecule has 0 radical (unpaired) electrons. The van der Waals surface area contributed by atoms with E-state index < -0.39 is 10.5 Å². The Kier molecular flexibility index (Phi) is 7.04. The Morgan fingerprint density at radius 1 is 1.27 bits per heavy atom. The highest BCUT2D eigenvalue weighted by Gasteiger charge is 2.33. The van der Waals surface area contributed by atoms with Gasteiger partial charge < -0.3 is 15.0 Å². The molecule has 0 saturated carbocycles. The van der Waals surface area contributed by atoms with Crippen LogP contribution in [0.5, 0.6) is 0 Å². The van der Waals surface area contributed by atoms with Gasteiger partial charge in [-0.2, -0.15) is 0 Å². The van der Waals surface area contributed by atoms with E-state index in [0.717, 1.165) is 56.9 Å². The van der Waals surface area contributed by atoms with Gasteiger partial charge in [-0.05, 0) is 55.7 Å². The SMILES string of the molecule is COC(=O)CCON1C=S(C(=O)N2CCCCC2)C(C2CCNCC2)=N1. The predicted octanol–water partition coefficient (Wildman–Crippen LogP) is 1.74. The number of nitrogens with one attached hydrogen (secondary N) is 1. The fourth-order valence-corrected chi connectivity index (χ4v) is 5.26. The van der Waals surface area contributed by atoms with Gasteiger partial charge in [0.05, 0.1) is 25.6 Å². The number of methoxy groups -OCH3 is 1. The normalized spacial score (nSPS) is 24.2. The Morgan fingerprint density at radius 2 is 2.00 bits per heavy atom. The number of nitrogens with zero attached hydrogens (tertiary/aromatic N) is 3. The monoisotopic (exact) mass is 384 g/mol. The van der Waals surface area contributed by atoms with Crippen molar-refractivity contribution in [3.63, 3.8) is 0 Å². The topological polar surface area (TPSA) is 83.5 Å². The van der Waals surface area contributed by atoms with E-state index in [9.17, 15) is 9.59 Å². The molecule has 0 spiro atoms. The minimum absolute atomic E-state index is 0.154. The Bertz CT molecular complexity index is 583. The second kappa shape index (κ2) is 9.48. The molecule has 0 aromatic carbocycles. The molecule has 3 aliphatic heterocycles. The summed E-state index contributed by atoms with van der Waals surface area (Å²) in [7, 11) is 0.672. The Hall–Kier alpha value is -1.45. The van der Waals surface area contributed by atoms with Crippen molar-refractivity contribution in [1.82, 2.24) is 15.4 Å². The molecule has 3 aliphatic rings. The van der Waals surface area contributed by atoms with Crippen LogP contribution in [-0.2, 0) is 14.4 Å². The van der Waals surface area contributed by atoms with Crippen LogP contribution >= 0.6 is 10.5 Å². The third-order valence-corrected chi connectivity index (χ3v) is 6.76. The lowest BCUT2D eigenvalue weighted by Gasteiger charge is -2.29. The van der Waals surface area contributed by atoms with Crippen LogP contribution in [-0.4, -0.2) is 71.7 Å². The predicted molar refractivity (Wildman–Crippen MR) is 102 cm³/mol. The molecule has 1 amide bonds. The van der Waals surface area contributed by atoms with E-state index in [1.807, 2.05) is 4.90 Å². The number of likely N-dealkylation sites (tertiary alicyclic amines) is 1. The van der Waals surface area contributed by atoms with Gasteiger partial charge in [0.2, 0.25) is 0 Å². The van der Waals surface area contributed by atoms with Crippen molar-refractivity contribution in [1.29, 1.82) is 0 Å². The number of rotatable bonds is 5. The number of hydrogen-bond donors (Lipinski definition) is 1. The first-order chi connectivity index (χ1) is 12.7. The highest BCUT2D eigenvalue weighted by atomic mass is 32.2. The molecule has 2 fully saturated rings. The van der Waals surface area contributed by atoms with E-state index in [1.165, 1.54) is 18.7 Å². The minimum Gasteiger partial charge on any atom is -0.469 e. The first-order valence-corrected chi connectivity index (χ1v) is 10.6. The van der Waals surface area contributed by atoms with Crippen molar-refractivity contribution in [3.05, 3.63) is 0 Å². The Labute approximate surface area is 156 Å². The quantitative estimate of drug-likeness (QED) is 0.574. The number of hydroxylamine groups is 1. The molecule has 0 aromatic heterocycles. The lowest BCUT2D eigenvalue weighted by molar-refractivity contribution is -0.146. The molecule has 146 valence electrons. The van der Waals surface area contributed by atoms with Gasteiger partial charge in [-0.1, -0.05) is 0 Å². The van der Waals surface area contributed by atoms with Crippen LogP contribution in [0.15, 0.2) is 5.10 Å². The molecule has 0 aromatic rings. The van der Waals surface area contributed by atoms with Gasteiger partial charge in [0.1, 0.15) is 5.04 Å². The van der Waals surface area contributed by atoms with Crippen molar-refractivity contribution in [2.24, 2.45) is 11.0 Å². The van der Waals surface area contributed by atoms with Crippen LogP contribution in [0.2, 0.25) is 0 Å². The lowest BCUT2D eigenvalue weighted by Crippen LogP contribution is -2.36. The smallest absolute Gasteiger partial charge is 0.307 e. The first kappa shape index (κ1) is 19.3. The average molecular weight is 385 g/mol. The molecular weight excluding hydrogens is 356 g/mol. The van der Waals surface area contributed by atoms with Gasteiger partial charge in [0.15, 0.2) is 0 Å². The number of ether oxygens (including phenoxy) is 1. The summed E-state index contributed by atoms with van der Waals surface area (Å²) in [6.07, 6.45) is 5.47. The number of hydrogen-bond acceptors (Lipinski definition) is 7. The van der Waals surface area contributed by atoms with Crippen LogP contribution < -0.4 is 5.32 Å². The van der Waals surface area contributed by atoms with Gasteiger partial charge >= 0.3 is 5.97 Å². The van der Waals surface area contributed by atoms with E-state index in [4.69, 9.17) is 4.84 Å². The molecule has 1 N–H and O–H groups in total. The highest BCUT2D eigenvalue weighted by molar-refractivity contribution is 8.39. The van der Waals surface area contributed by atoms with Crippen LogP contribution in [0.1, 0.15) is 38.5 Å². The van der Waals surface area contributed by atoms with Crippen molar-refractivity contribution in [3.8, 4) is 0 Å². The van der Waals surface area contributed by atoms with Crippen LogP contribution in [0, 0.1) is 5.92 Å². The van der Waals surface area contributed by atoms with Crippen molar-refractivity contribution in [2.75, 3.05) is 39.9 Å². The van der Waals surface area contributed by atoms with Gasteiger partial charge in [0.25, 0.3) is 5.24 Å². The van der Waals surface area contributed by atoms with Crippen LogP contribution in [0.4, 0.5) is 4.79 Å². The van der Waals surface area contributed by atoms with Gasteiger partial charge in [-0.3, -0.25) is 14.4 Å². The summed E-state index contributed by atoms with van der Waals surface area (Å²) in [5, 5.41) is 10.4. The first-order valence-electron chi connectivity index (χ1n) is 9.34. The maximum absolute atomic E-state index is 13.1. The van der Waals surface area contributed by atoms with Gasteiger partial charge in [0, 0.05) is 19.0 Å². The summed E-state index contributed by atoms with van der Waals surface area (Å²) in [5.74, 6) is -0.0195. The molecule has 1 unspecified atom stereocenters. The third kappa shape index (κ3) is 4.83. The van der Waals surface area contributed by atoms with E-state index in [-0.39, 0.29) is 24.2 Å². The summed E-state index contributed by atoms with van der Waals surface area (Å²) in [4.78, 5) is 31.9. The van der Waals surface area contributed by atoms with E-state index in [1.54, 1.807) is 5.49 Å². The number of carbonyl (C=O) groups is 2. The number of hydrazone groups is 1. The standard InChI is InChI=1S/C17H28N4O4S/c1-24-15(22)7-12-25-21-13-26(17(23)20-10-3-2-4-11-20)16(19-21)14-5-8-18-9-6-14/h13-14,18H,2-12H2,1H3. The molecule has 9 heteroatoms. The maximum Gasteiger partial charge on any atom is 0.307 e. The van der Waals surface area contributed by atoms with E-state index in [2.05, 4.69) is 15.2 Å². The largest absolute Gasteiger partial charge is 0.469 e. The van der Waals surface area contributed by atoms with Crippen LogP contribution in [0.3, 0.4) is 0 Å². The number of piperidine rings is 2. The number of carbonyl (C=O) groups excluding carboxylic acids is 2. The molecule has 2 saturated heterocycles. The lowest BCUT2D eigenvalue weighted by atomic mass is 10.00. The van der Waals surface area contributed by atoms with Crippen molar-refractivity contribution in [2.45, 2.75) is 38.5 Å². The fourth-order valence-electron chi connectivity index (χ4n) is 3.37. The zero-order valence-corrected chi connectivity index (χ0v) is 16.1. The van der Waals surface area contributed by atoms with Crippen molar-refractivity contribution >= 4 is 32.2 Å². The molecule has 3 rings (SSSR count). The highest BCUT2D eigenvalue weighted by Crippen LogP contribution is 2.34. The molecule has 0 bridgehead atoms. The summed E-state index contributed by atoms with van der Waals surface area (Å²) in [5.41, 5.74) is 1.78.